The van der Waals surface area contributed by atoms with Gasteiger partial charge in [-0.2, -0.15) is 0 Å². The van der Waals surface area contributed by atoms with Gasteiger partial charge in [-0.25, -0.2) is 0 Å². The van der Waals surface area contributed by atoms with Gasteiger partial charge in [0.25, 0.3) is 5.91 Å². The zero-order valence-corrected chi connectivity index (χ0v) is 13.7. The molecule has 0 aromatic heterocycles. The molecule has 1 amide bonds. The van der Waals surface area contributed by atoms with Gasteiger partial charge in [0.2, 0.25) is 0 Å². The normalized spacial score (nSPS) is 26.2. The van der Waals surface area contributed by atoms with Gasteiger partial charge in [-0.05, 0) is 62.3 Å². The Balaban J connectivity index is 2.13. The van der Waals surface area contributed by atoms with E-state index in [-0.39, 0.29) is 17.2 Å². The van der Waals surface area contributed by atoms with E-state index >= 15 is 0 Å². The summed E-state index contributed by atoms with van der Waals surface area (Å²) in [5.41, 5.74) is 1.31. The maximum Gasteiger partial charge on any atom is 0.252 e. The highest BCUT2D eigenvalue weighted by Crippen LogP contribution is 2.33. The van der Waals surface area contributed by atoms with Crippen molar-refractivity contribution in [1.82, 2.24) is 5.32 Å². The van der Waals surface area contributed by atoms with Crippen molar-refractivity contribution in [1.29, 1.82) is 0 Å². The maximum absolute atomic E-state index is 12.5. The van der Waals surface area contributed by atoms with Crippen molar-refractivity contribution in [2.75, 3.05) is 5.33 Å². The van der Waals surface area contributed by atoms with Crippen molar-refractivity contribution in [2.45, 2.75) is 45.1 Å². The second kappa shape index (κ2) is 6.17. The number of hydrogen-bond donors (Lipinski definition) is 2. The number of halogens is 1. The first-order valence-electron chi connectivity index (χ1n) is 7.14. The number of nitrogens with one attached hydrogen (secondary N) is 1. The van der Waals surface area contributed by atoms with E-state index in [0.29, 0.717) is 5.56 Å². The summed E-state index contributed by atoms with van der Waals surface area (Å²) in [6.45, 7) is 4.11. The molecule has 0 heterocycles. The maximum atomic E-state index is 12.5. The van der Waals surface area contributed by atoms with Crippen molar-refractivity contribution < 1.29 is 9.90 Å². The Bertz CT molecular complexity index is 493. The molecule has 3 nitrogen and oxygen atoms in total. The van der Waals surface area contributed by atoms with Crippen LogP contribution in [0.5, 0.6) is 5.75 Å². The molecule has 1 aromatic rings. The molecule has 0 saturated heterocycles. The Kier molecular flexibility index (Phi) is 4.74. The fraction of sp³-hybridized carbons (Fsp3) is 0.562. The van der Waals surface area contributed by atoms with Crippen LogP contribution in [-0.4, -0.2) is 21.9 Å². The van der Waals surface area contributed by atoms with Gasteiger partial charge in [0.15, 0.2) is 0 Å². The summed E-state index contributed by atoms with van der Waals surface area (Å²) in [4.78, 5) is 12.5. The minimum Gasteiger partial charge on any atom is -0.508 e. The minimum absolute atomic E-state index is 0.0449. The highest BCUT2D eigenvalue weighted by atomic mass is 79.9. The number of carbonyl (C=O) groups is 1. The smallest absolute Gasteiger partial charge is 0.252 e. The lowest BCUT2D eigenvalue weighted by atomic mass is 9.78. The van der Waals surface area contributed by atoms with Crippen LogP contribution in [0.4, 0.5) is 0 Å². The Labute approximate surface area is 128 Å². The van der Waals surface area contributed by atoms with Crippen molar-refractivity contribution in [3.63, 3.8) is 0 Å². The van der Waals surface area contributed by atoms with E-state index in [1.54, 1.807) is 18.2 Å². The molecular formula is C16H22BrNO2. The molecule has 110 valence electrons. The largest absolute Gasteiger partial charge is 0.508 e. The molecule has 0 atom stereocenters. The standard InChI is InChI=1S/C16H22BrNO2/c1-11-5-7-16(10-17,8-6-11)18-15(20)14-4-3-13(19)9-12(14)2/h3-4,9,11,19H,5-8,10H2,1-2H3,(H,18,20). The molecule has 1 aliphatic carbocycles. The summed E-state index contributed by atoms with van der Waals surface area (Å²) in [6, 6.07) is 4.87. The predicted octanol–water partition coefficient (Wildman–Crippen LogP) is 3.77. The van der Waals surface area contributed by atoms with Crippen molar-refractivity contribution >= 4 is 21.8 Å². The van der Waals surface area contributed by atoms with E-state index in [1.165, 1.54) is 0 Å². The molecule has 0 unspecified atom stereocenters. The zero-order valence-electron chi connectivity index (χ0n) is 12.1. The SMILES string of the molecule is Cc1cc(O)ccc1C(=O)NC1(CBr)CCC(C)CC1. The lowest BCUT2D eigenvalue weighted by Crippen LogP contribution is -2.52. The van der Waals surface area contributed by atoms with E-state index in [4.69, 9.17) is 0 Å². The average molecular weight is 340 g/mol. The Hall–Kier alpha value is -1.03. The van der Waals surface area contributed by atoms with E-state index in [2.05, 4.69) is 28.2 Å². The van der Waals surface area contributed by atoms with Crippen LogP contribution in [0.15, 0.2) is 18.2 Å². The molecular weight excluding hydrogens is 318 g/mol. The van der Waals surface area contributed by atoms with Crippen molar-refractivity contribution in [3.05, 3.63) is 29.3 Å². The summed E-state index contributed by atoms with van der Waals surface area (Å²) < 4.78 is 0. The molecule has 0 spiro atoms. The molecule has 1 aromatic carbocycles. The third-order valence-corrected chi connectivity index (χ3v) is 5.39. The number of aromatic hydroxyl groups is 1. The van der Waals surface area contributed by atoms with Gasteiger partial charge < -0.3 is 10.4 Å². The third kappa shape index (κ3) is 3.35. The number of amides is 1. The van der Waals surface area contributed by atoms with Crippen molar-refractivity contribution in [2.24, 2.45) is 5.92 Å². The summed E-state index contributed by atoms with van der Waals surface area (Å²) in [6.07, 6.45) is 4.34. The first-order chi connectivity index (χ1) is 9.46. The second-order valence-corrected chi connectivity index (χ2v) is 6.61. The van der Waals surface area contributed by atoms with Crippen LogP contribution in [0.2, 0.25) is 0 Å². The van der Waals surface area contributed by atoms with Crippen LogP contribution in [-0.2, 0) is 0 Å². The number of hydrogen-bond acceptors (Lipinski definition) is 2. The Morgan fingerprint density at radius 2 is 2.10 bits per heavy atom. The van der Waals surface area contributed by atoms with Crippen molar-refractivity contribution in [3.8, 4) is 5.75 Å². The molecule has 1 aliphatic rings. The lowest BCUT2D eigenvalue weighted by Gasteiger charge is -2.39. The number of aryl methyl sites for hydroxylation is 1. The van der Waals surface area contributed by atoms with Gasteiger partial charge in [-0.3, -0.25) is 4.79 Å². The first-order valence-corrected chi connectivity index (χ1v) is 8.26. The summed E-state index contributed by atoms with van der Waals surface area (Å²) in [5, 5.41) is 13.4. The summed E-state index contributed by atoms with van der Waals surface area (Å²) >= 11 is 3.56. The molecule has 1 saturated carbocycles. The Morgan fingerprint density at radius 3 is 2.65 bits per heavy atom. The highest BCUT2D eigenvalue weighted by Gasteiger charge is 2.35. The number of rotatable bonds is 3. The number of benzene rings is 1. The molecule has 2 rings (SSSR count). The minimum atomic E-state index is -0.131. The number of phenols is 1. The Morgan fingerprint density at radius 1 is 1.45 bits per heavy atom. The number of alkyl halides is 1. The third-order valence-electron chi connectivity index (χ3n) is 4.32. The zero-order chi connectivity index (χ0) is 14.8. The molecule has 0 bridgehead atoms. The van der Waals surface area contributed by atoms with E-state index in [0.717, 1.165) is 42.5 Å². The molecule has 2 N–H and O–H groups in total. The second-order valence-electron chi connectivity index (χ2n) is 6.05. The van der Waals surface area contributed by atoms with Crippen LogP contribution >= 0.6 is 15.9 Å². The fourth-order valence-corrected chi connectivity index (χ4v) is 3.52. The van der Waals surface area contributed by atoms with Crippen LogP contribution in [0.25, 0.3) is 0 Å². The molecule has 1 fully saturated rings. The summed E-state index contributed by atoms with van der Waals surface area (Å²) in [5.74, 6) is 0.895. The number of carbonyl (C=O) groups excluding carboxylic acids is 1. The van der Waals surface area contributed by atoms with Gasteiger partial charge in [0, 0.05) is 10.9 Å². The van der Waals surface area contributed by atoms with Gasteiger partial charge in [0.1, 0.15) is 5.75 Å². The first kappa shape index (κ1) is 15.4. The van der Waals surface area contributed by atoms with Crippen LogP contribution in [0.1, 0.15) is 48.5 Å². The molecule has 4 heteroatoms. The average Bonchev–Trinajstić information content (AvgIpc) is 2.41. The topological polar surface area (TPSA) is 49.3 Å². The quantitative estimate of drug-likeness (QED) is 0.823. The number of phenolic OH excluding ortho intramolecular Hbond substituents is 1. The molecule has 20 heavy (non-hydrogen) atoms. The van der Waals surface area contributed by atoms with E-state index < -0.39 is 0 Å². The van der Waals surface area contributed by atoms with Gasteiger partial charge >= 0.3 is 0 Å². The van der Waals surface area contributed by atoms with Crippen LogP contribution in [0, 0.1) is 12.8 Å². The van der Waals surface area contributed by atoms with Crippen LogP contribution < -0.4 is 5.32 Å². The van der Waals surface area contributed by atoms with Gasteiger partial charge in [-0.1, -0.05) is 22.9 Å². The lowest BCUT2D eigenvalue weighted by molar-refractivity contribution is 0.0874. The van der Waals surface area contributed by atoms with Gasteiger partial charge in [-0.15, -0.1) is 0 Å². The highest BCUT2D eigenvalue weighted by molar-refractivity contribution is 9.09. The van der Waals surface area contributed by atoms with E-state index in [9.17, 15) is 9.90 Å². The molecule has 0 aliphatic heterocycles. The van der Waals surface area contributed by atoms with Gasteiger partial charge in [0.05, 0.1) is 5.54 Å². The fourth-order valence-electron chi connectivity index (χ4n) is 2.82. The monoisotopic (exact) mass is 339 g/mol. The van der Waals surface area contributed by atoms with Crippen LogP contribution in [0.3, 0.4) is 0 Å². The van der Waals surface area contributed by atoms with E-state index in [1.807, 2.05) is 6.92 Å². The summed E-state index contributed by atoms with van der Waals surface area (Å²) in [7, 11) is 0. The predicted molar refractivity (Wildman–Crippen MR) is 84.5 cm³/mol. The molecule has 0 radical (unpaired) electrons.